The van der Waals surface area contributed by atoms with Crippen LogP contribution in [-0.2, 0) is 0 Å². The first-order valence-electron chi connectivity index (χ1n) is 6.42. The van der Waals surface area contributed by atoms with Crippen LogP contribution >= 0.6 is 11.6 Å². The number of carbonyl (C=O) groups excluding carboxylic acids is 1. The van der Waals surface area contributed by atoms with Gasteiger partial charge in [0, 0.05) is 12.1 Å². The van der Waals surface area contributed by atoms with E-state index in [9.17, 15) is 14.9 Å². The standard InChI is InChI=1S/C15H10ClN3O3/c1-9-17-13-4-2-3-5-14(13)18(9)15(20)11-7-6-10(19(21)22)8-12(11)16/h2-8H,1H3. The minimum Gasteiger partial charge on any atom is -0.268 e. The predicted molar refractivity (Wildman–Crippen MR) is 82.3 cm³/mol. The van der Waals surface area contributed by atoms with Crippen molar-refractivity contribution in [2.45, 2.75) is 6.92 Å². The molecule has 0 amide bonds. The zero-order valence-corrected chi connectivity index (χ0v) is 12.2. The summed E-state index contributed by atoms with van der Waals surface area (Å²) >= 11 is 6.03. The van der Waals surface area contributed by atoms with Crippen molar-refractivity contribution in [1.82, 2.24) is 9.55 Å². The van der Waals surface area contributed by atoms with Gasteiger partial charge in [-0.1, -0.05) is 23.7 Å². The van der Waals surface area contributed by atoms with E-state index in [1.165, 1.54) is 22.8 Å². The van der Waals surface area contributed by atoms with Crippen LogP contribution in [0, 0.1) is 17.0 Å². The molecule has 0 radical (unpaired) electrons. The van der Waals surface area contributed by atoms with E-state index in [1.807, 2.05) is 18.2 Å². The molecule has 0 unspecified atom stereocenters. The summed E-state index contributed by atoms with van der Waals surface area (Å²) in [5.74, 6) is 0.159. The molecule has 110 valence electrons. The number of hydrogen-bond donors (Lipinski definition) is 0. The summed E-state index contributed by atoms with van der Waals surface area (Å²) < 4.78 is 1.45. The lowest BCUT2D eigenvalue weighted by atomic mass is 10.2. The Kier molecular flexibility index (Phi) is 3.38. The van der Waals surface area contributed by atoms with Crippen LogP contribution in [0.25, 0.3) is 11.0 Å². The second-order valence-corrected chi connectivity index (χ2v) is 5.12. The first-order chi connectivity index (χ1) is 10.5. The largest absolute Gasteiger partial charge is 0.270 e. The molecule has 0 atom stereocenters. The van der Waals surface area contributed by atoms with Crippen LogP contribution in [0.3, 0.4) is 0 Å². The smallest absolute Gasteiger partial charge is 0.268 e. The van der Waals surface area contributed by atoms with E-state index in [-0.39, 0.29) is 22.2 Å². The Labute approximate surface area is 130 Å². The zero-order valence-electron chi connectivity index (χ0n) is 11.5. The average Bonchev–Trinajstić information content (AvgIpc) is 2.82. The third-order valence-electron chi connectivity index (χ3n) is 3.33. The molecule has 1 aromatic heterocycles. The number of nitro benzene ring substituents is 1. The zero-order chi connectivity index (χ0) is 15.9. The molecule has 0 saturated heterocycles. The highest BCUT2D eigenvalue weighted by atomic mass is 35.5. The molecular weight excluding hydrogens is 306 g/mol. The fourth-order valence-corrected chi connectivity index (χ4v) is 2.57. The molecule has 3 aromatic rings. The fraction of sp³-hybridized carbons (Fsp3) is 0.0667. The third-order valence-corrected chi connectivity index (χ3v) is 3.64. The van der Waals surface area contributed by atoms with Gasteiger partial charge >= 0.3 is 0 Å². The van der Waals surface area contributed by atoms with Crippen LogP contribution in [-0.4, -0.2) is 20.4 Å². The first-order valence-corrected chi connectivity index (χ1v) is 6.79. The number of non-ortho nitro benzene ring substituents is 1. The Bertz CT molecular complexity index is 918. The lowest BCUT2D eigenvalue weighted by Crippen LogP contribution is -2.14. The number of hydrogen-bond acceptors (Lipinski definition) is 4. The van der Waals surface area contributed by atoms with Crippen LogP contribution < -0.4 is 0 Å². The second kappa shape index (κ2) is 5.23. The molecule has 2 aromatic carbocycles. The number of nitro groups is 1. The van der Waals surface area contributed by atoms with E-state index in [1.54, 1.807) is 13.0 Å². The number of para-hydroxylation sites is 2. The highest BCUT2D eigenvalue weighted by molar-refractivity contribution is 6.34. The van der Waals surface area contributed by atoms with Gasteiger partial charge in [0.2, 0.25) is 0 Å². The van der Waals surface area contributed by atoms with Crippen LogP contribution in [0.1, 0.15) is 16.2 Å². The van der Waals surface area contributed by atoms with Gasteiger partial charge in [-0.25, -0.2) is 4.98 Å². The van der Waals surface area contributed by atoms with Gasteiger partial charge in [-0.05, 0) is 25.1 Å². The molecule has 0 aliphatic carbocycles. The van der Waals surface area contributed by atoms with Gasteiger partial charge < -0.3 is 0 Å². The number of benzene rings is 2. The molecule has 22 heavy (non-hydrogen) atoms. The molecule has 0 spiro atoms. The Morgan fingerprint density at radius 3 is 2.68 bits per heavy atom. The normalized spacial score (nSPS) is 10.8. The van der Waals surface area contributed by atoms with Crippen molar-refractivity contribution in [1.29, 1.82) is 0 Å². The molecule has 3 rings (SSSR count). The van der Waals surface area contributed by atoms with Gasteiger partial charge in [-0.3, -0.25) is 19.5 Å². The van der Waals surface area contributed by atoms with Crippen molar-refractivity contribution in [2.75, 3.05) is 0 Å². The monoisotopic (exact) mass is 315 g/mol. The lowest BCUT2D eigenvalue weighted by Gasteiger charge is -2.07. The van der Waals surface area contributed by atoms with Gasteiger partial charge in [-0.15, -0.1) is 0 Å². The number of aryl methyl sites for hydroxylation is 1. The SMILES string of the molecule is Cc1nc2ccccc2n1C(=O)c1ccc([N+](=O)[O-])cc1Cl. The van der Waals surface area contributed by atoms with Crippen molar-refractivity contribution in [3.05, 3.63) is 69.0 Å². The number of imidazole rings is 1. The van der Waals surface area contributed by atoms with E-state index in [2.05, 4.69) is 4.98 Å². The molecular formula is C15H10ClN3O3. The van der Waals surface area contributed by atoms with Gasteiger partial charge in [0.05, 0.1) is 26.5 Å². The Balaban J connectivity index is 2.14. The molecule has 7 heteroatoms. The summed E-state index contributed by atoms with van der Waals surface area (Å²) in [5, 5.41) is 10.8. The minimum absolute atomic E-state index is 0.0383. The number of fused-ring (bicyclic) bond motifs is 1. The molecule has 0 aliphatic heterocycles. The molecule has 6 nitrogen and oxygen atoms in total. The highest BCUT2D eigenvalue weighted by Gasteiger charge is 2.20. The second-order valence-electron chi connectivity index (χ2n) is 4.71. The number of aromatic nitrogens is 2. The summed E-state index contributed by atoms with van der Waals surface area (Å²) in [6, 6.07) is 11.0. The average molecular weight is 316 g/mol. The van der Waals surface area contributed by atoms with Gasteiger partial charge in [-0.2, -0.15) is 0 Å². The van der Waals surface area contributed by atoms with E-state index in [0.29, 0.717) is 16.9 Å². The van der Waals surface area contributed by atoms with Crippen molar-refractivity contribution in [2.24, 2.45) is 0 Å². The van der Waals surface area contributed by atoms with Crippen molar-refractivity contribution in [3.8, 4) is 0 Å². The summed E-state index contributed by atoms with van der Waals surface area (Å²) in [7, 11) is 0. The number of rotatable bonds is 2. The first kappa shape index (κ1) is 14.2. The number of nitrogens with zero attached hydrogens (tertiary/aromatic N) is 3. The molecule has 0 aliphatic rings. The van der Waals surface area contributed by atoms with Crippen LogP contribution in [0.2, 0.25) is 5.02 Å². The summed E-state index contributed by atoms with van der Waals surface area (Å²) in [5.41, 5.74) is 1.40. The van der Waals surface area contributed by atoms with Crippen LogP contribution in [0.4, 0.5) is 5.69 Å². The topological polar surface area (TPSA) is 78.0 Å². The minimum atomic E-state index is -0.558. The van der Waals surface area contributed by atoms with Crippen molar-refractivity contribution in [3.63, 3.8) is 0 Å². The molecule has 1 heterocycles. The summed E-state index contributed by atoms with van der Waals surface area (Å²) in [6.07, 6.45) is 0. The number of carbonyl (C=O) groups is 1. The van der Waals surface area contributed by atoms with E-state index in [4.69, 9.17) is 11.6 Å². The molecule has 0 fully saturated rings. The maximum Gasteiger partial charge on any atom is 0.270 e. The quantitative estimate of drug-likeness (QED) is 0.534. The fourth-order valence-electron chi connectivity index (χ4n) is 2.31. The molecule has 0 bridgehead atoms. The maximum absolute atomic E-state index is 12.7. The van der Waals surface area contributed by atoms with Gasteiger partial charge in [0.15, 0.2) is 0 Å². The summed E-state index contributed by atoms with van der Waals surface area (Å²) in [6.45, 7) is 1.72. The number of halogens is 1. The van der Waals surface area contributed by atoms with E-state index >= 15 is 0 Å². The summed E-state index contributed by atoms with van der Waals surface area (Å²) in [4.78, 5) is 27.2. The van der Waals surface area contributed by atoms with Gasteiger partial charge in [0.1, 0.15) is 5.82 Å². The Hall–Kier alpha value is -2.73. The third kappa shape index (κ3) is 2.23. The van der Waals surface area contributed by atoms with Crippen molar-refractivity contribution < 1.29 is 9.72 Å². The Morgan fingerprint density at radius 1 is 1.27 bits per heavy atom. The van der Waals surface area contributed by atoms with Crippen LogP contribution in [0.5, 0.6) is 0 Å². The predicted octanol–water partition coefficient (Wildman–Crippen LogP) is 3.59. The molecule has 0 N–H and O–H groups in total. The molecule has 0 saturated carbocycles. The van der Waals surface area contributed by atoms with Crippen molar-refractivity contribution >= 4 is 34.2 Å². The van der Waals surface area contributed by atoms with E-state index in [0.717, 1.165) is 0 Å². The van der Waals surface area contributed by atoms with E-state index < -0.39 is 4.92 Å². The highest BCUT2D eigenvalue weighted by Crippen LogP contribution is 2.25. The lowest BCUT2D eigenvalue weighted by molar-refractivity contribution is -0.384. The van der Waals surface area contributed by atoms with Crippen LogP contribution in [0.15, 0.2) is 42.5 Å². The maximum atomic E-state index is 12.7. The Morgan fingerprint density at radius 2 is 2.00 bits per heavy atom. The van der Waals surface area contributed by atoms with Gasteiger partial charge in [0.25, 0.3) is 11.6 Å².